The second-order valence-electron chi connectivity index (χ2n) is 9.57. The number of ether oxygens (including phenoxy) is 2. The fourth-order valence-electron chi connectivity index (χ4n) is 4.54. The van der Waals surface area contributed by atoms with Crippen molar-refractivity contribution in [3.05, 3.63) is 116 Å². The average Bonchev–Trinajstić information content (AvgIpc) is 3.46. The minimum atomic E-state index is -0.353. The number of nitrogens with one attached hydrogen (secondary N) is 1. The number of carbonyl (C=O) groups is 1. The summed E-state index contributed by atoms with van der Waals surface area (Å²) in [6, 6.07) is 26.7. The molecule has 6 rings (SSSR count). The van der Waals surface area contributed by atoms with Gasteiger partial charge in [-0.25, -0.2) is 4.98 Å². The molecule has 0 atom stereocenters. The normalized spacial score (nSPS) is 11.3. The van der Waals surface area contributed by atoms with Crippen LogP contribution >= 0.6 is 27.5 Å². The Hall–Kier alpha value is -4.93. The van der Waals surface area contributed by atoms with Crippen molar-refractivity contribution in [3.8, 4) is 23.1 Å². The van der Waals surface area contributed by atoms with E-state index < -0.39 is 0 Å². The van der Waals surface area contributed by atoms with Crippen LogP contribution in [-0.2, 0) is 4.79 Å². The molecule has 1 amide bonds. The number of benzene rings is 4. The minimum Gasteiger partial charge on any atom is -0.490 e. The number of amides is 1. The van der Waals surface area contributed by atoms with Gasteiger partial charge in [0.15, 0.2) is 23.9 Å². The van der Waals surface area contributed by atoms with Gasteiger partial charge in [-0.2, -0.15) is 9.78 Å². The molecule has 0 spiro atoms. The van der Waals surface area contributed by atoms with Crippen LogP contribution in [0, 0.1) is 0 Å². The summed E-state index contributed by atoms with van der Waals surface area (Å²) in [5.74, 6) is 1.06. The van der Waals surface area contributed by atoms with E-state index in [0.29, 0.717) is 61.1 Å². The van der Waals surface area contributed by atoms with E-state index in [2.05, 4.69) is 26.3 Å². The molecular weight excluding hydrogens is 648 g/mol. The number of furan rings is 1. The molecule has 0 fully saturated rings. The van der Waals surface area contributed by atoms with Gasteiger partial charge in [0.1, 0.15) is 5.58 Å². The first-order valence-electron chi connectivity index (χ1n) is 13.6. The fraction of sp³-hybridized carbons (Fsp3) is 0.0909. The molecule has 0 unspecified atom stereocenters. The number of carbonyl (C=O) groups excluding carboxylic acids is 1. The Bertz CT molecular complexity index is 2060. The Kier molecular flexibility index (Phi) is 8.44. The van der Waals surface area contributed by atoms with E-state index in [4.69, 9.17) is 30.5 Å². The number of para-hydroxylation sites is 2. The number of hydrogen-bond donors (Lipinski definition) is 1. The number of anilines is 1. The van der Waals surface area contributed by atoms with Gasteiger partial charge in [0, 0.05) is 16.1 Å². The van der Waals surface area contributed by atoms with Crippen LogP contribution in [0.25, 0.3) is 33.5 Å². The zero-order valence-electron chi connectivity index (χ0n) is 23.3. The maximum atomic E-state index is 13.6. The largest absolute Gasteiger partial charge is 0.490 e. The van der Waals surface area contributed by atoms with Crippen molar-refractivity contribution in [3.63, 3.8) is 0 Å². The highest BCUT2D eigenvalue weighted by Crippen LogP contribution is 2.37. The molecule has 0 saturated carbocycles. The summed E-state index contributed by atoms with van der Waals surface area (Å²) in [6.07, 6.45) is 1.52. The van der Waals surface area contributed by atoms with E-state index in [9.17, 15) is 9.59 Å². The van der Waals surface area contributed by atoms with E-state index in [1.807, 2.05) is 43.3 Å². The average molecular weight is 672 g/mol. The molecule has 11 heteroatoms. The van der Waals surface area contributed by atoms with Gasteiger partial charge >= 0.3 is 0 Å². The summed E-state index contributed by atoms with van der Waals surface area (Å²) in [7, 11) is 0. The van der Waals surface area contributed by atoms with Crippen molar-refractivity contribution in [2.45, 2.75) is 6.92 Å². The number of fused-ring (bicyclic) bond motifs is 2. The summed E-state index contributed by atoms with van der Waals surface area (Å²) in [5.41, 5.74) is 2.05. The van der Waals surface area contributed by atoms with Crippen LogP contribution in [0.2, 0.25) is 5.02 Å². The standard InChI is InChI=1S/C33H24BrClN4O5/c1-2-42-28-16-20(15-25(34)31(28)43-19-30(40)37-23-13-11-22(35)12-14-23)18-36-39-32(29-17-21-7-3-6-10-27(21)44-29)38-26-9-5-4-8-24(26)33(39)41/h3-18H,2,19H2,1H3,(H,37,40). The monoisotopic (exact) mass is 670 g/mol. The van der Waals surface area contributed by atoms with Crippen molar-refractivity contribution in [2.75, 3.05) is 18.5 Å². The van der Waals surface area contributed by atoms with Gasteiger partial charge in [0.05, 0.1) is 28.2 Å². The summed E-state index contributed by atoms with van der Waals surface area (Å²) < 4.78 is 19.5. The molecule has 9 nitrogen and oxygen atoms in total. The smallest absolute Gasteiger partial charge is 0.282 e. The third kappa shape index (κ3) is 6.22. The minimum absolute atomic E-state index is 0.256. The van der Waals surface area contributed by atoms with Crippen molar-refractivity contribution in [1.82, 2.24) is 9.66 Å². The Morgan fingerprint density at radius 2 is 1.82 bits per heavy atom. The number of aromatic nitrogens is 2. The second kappa shape index (κ2) is 12.7. The van der Waals surface area contributed by atoms with Gasteiger partial charge in [0.2, 0.25) is 5.82 Å². The van der Waals surface area contributed by atoms with Crippen molar-refractivity contribution in [1.29, 1.82) is 0 Å². The van der Waals surface area contributed by atoms with Gasteiger partial charge in [-0.05, 0) is 89.1 Å². The zero-order chi connectivity index (χ0) is 30.6. The summed E-state index contributed by atoms with van der Waals surface area (Å²) in [6.45, 7) is 1.93. The Balaban J connectivity index is 1.32. The lowest BCUT2D eigenvalue weighted by Gasteiger charge is -2.14. The van der Waals surface area contributed by atoms with Gasteiger partial charge in [-0.3, -0.25) is 9.59 Å². The first kappa shape index (κ1) is 29.2. The maximum absolute atomic E-state index is 13.6. The quantitative estimate of drug-likeness (QED) is 0.159. The fourth-order valence-corrected chi connectivity index (χ4v) is 5.24. The molecule has 0 aliphatic heterocycles. The van der Waals surface area contributed by atoms with Gasteiger partial charge < -0.3 is 19.2 Å². The Labute approximate surface area is 264 Å². The predicted octanol–water partition coefficient (Wildman–Crippen LogP) is 7.52. The third-order valence-corrected chi connectivity index (χ3v) is 7.37. The molecule has 2 heterocycles. The summed E-state index contributed by atoms with van der Waals surface area (Å²) in [4.78, 5) is 30.9. The molecule has 4 aromatic carbocycles. The molecule has 6 aromatic rings. The molecule has 44 heavy (non-hydrogen) atoms. The summed E-state index contributed by atoms with van der Waals surface area (Å²) >= 11 is 9.44. The van der Waals surface area contributed by atoms with E-state index in [-0.39, 0.29) is 23.9 Å². The molecule has 0 aliphatic rings. The number of rotatable bonds is 9. The second-order valence-corrected chi connectivity index (χ2v) is 10.9. The van der Waals surface area contributed by atoms with Crippen molar-refractivity contribution in [2.24, 2.45) is 5.10 Å². The number of hydrogen-bond acceptors (Lipinski definition) is 7. The van der Waals surface area contributed by atoms with Crippen LogP contribution in [0.1, 0.15) is 12.5 Å². The van der Waals surface area contributed by atoms with Gasteiger partial charge in [-0.1, -0.05) is 41.9 Å². The molecule has 0 aliphatic carbocycles. The highest BCUT2D eigenvalue weighted by molar-refractivity contribution is 9.10. The molecule has 0 radical (unpaired) electrons. The van der Waals surface area contributed by atoms with E-state index >= 15 is 0 Å². The molecule has 2 aromatic heterocycles. The Morgan fingerprint density at radius 1 is 1.05 bits per heavy atom. The van der Waals surface area contributed by atoms with Crippen LogP contribution in [0.3, 0.4) is 0 Å². The van der Waals surface area contributed by atoms with Gasteiger partial charge in [0.25, 0.3) is 11.5 Å². The number of halogens is 2. The molecule has 1 N–H and O–H groups in total. The van der Waals surface area contributed by atoms with Gasteiger partial charge in [-0.15, -0.1) is 0 Å². The maximum Gasteiger partial charge on any atom is 0.282 e. The van der Waals surface area contributed by atoms with Crippen LogP contribution in [0.15, 0.2) is 110 Å². The molecule has 220 valence electrons. The topological polar surface area (TPSA) is 108 Å². The lowest BCUT2D eigenvalue weighted by atomic mass is 10.2. The lowest BCUT2D eigenvalue weighted by Crippen LogP contribution is -2.20. The summed E-state index contributed by atoms with van der Waals surface area (Å²) in [5, 5.41) is 9.16. The highest BCUT2D eigenvalue weighted by Gasteiger charge is 2.17. The van der Waals surface area contributed by atoms with E-state index in [1.54, 1.807) is 54.6 Å². The van der Waals surface area contributed by atoms with Crippen LogP contribution in [0.4, 0.5) is 5.69 Å². The van der Waals surface area contributed by atoms with Crippen LogP contribution in [0.5, 0.6) is 11.5 Å². The predicted molar refractivity (Wildman–Crippen MR) is 175 cm³/mol. The Morgan fingerprint density at radius 3 is 2.61 bits per heavy atom. The van der Waals surface area contributed by atoms with Crippen LogP contribution in [-0.4, -0.2) is 35.0 Å². The van der Waals surface area contributed by atoms with Crippen LogP contribution < -0.4 is 20.3 Å². The molecular formula is C33H24BrClN4O5. The first-order chi connectivity index (χ1) is 21.4. The lowest BCUT2D eigenvalue weighted by molar-refractivity contribution is -0.118. The zero-order valence-corrected chi connectivity index (χ0v) is 25.6. The van der Waals surface area contributed by atoms with Crippen molar-refractivity contribution < 1.29 is 18.7 Å². The van der Waals surface area contributed by atoms with Crippen molar-refractivity contribution >= 4 is 67.2 Å². The molecule has 0 bridgehead atoms. The first-order valence-corrected chi connectivity index (χ1v) is 14.8. The highest BCUT2D eigenvalue weighted by atomic mass is 79.9. The van der Waals surface area contributed by atoms with E-state index in [0.717, 1.165) is 5.39 Å². The SMILES string of the molecule is CCOc1cc(C=Nn2c(-c3cc4ccccc4o3)nc3ccccc3c2=O)cc(Br)c1OCC(=O)Nc1ccc(Cl)cc1. The van der Waals surface area contributed by atoms with E-state index in [1.165, 1.54) is 10.9 Å². The number of nitrogens with zero attached hydrogens (tertiary/aromatic N) is 3. The third-order valence-electron chi connectivity index (χ3n) is 6.53. The molecule has 0 saturated heterocycles.